The highest BCUT2D eigenvalue weighted by molar-refractivity contribution is 5.97. The van der Waals surface area contributed by atoms with Crippen LogP contribution >= 0.6 is 0 Å². The quantitative estimate of drug-likeness (QED) is 0.454. The molecule has 0 aliphatic heterocycles. The number of ketones is 1. The highest BCUT2D eigenvalue weighted by Gasteiger charge is 2.12. The lowest BCUT2D eigenvalue weighted by molar-refractivity contribution is -0.132. The molecule has 0 unspecified atom stereocenters. The summed E-state index contributed by atoms with van der Waals surface area (Å²) >= 11 is 0. The summed E-state index contributed by atoms with van der Waals surface area (Å²) in [4.78, 5) is 32.9. The summed E-state index contributed by atoms with van der Waals surface area (Å²) in [5.74, 6) is -0.972. The maximum Gasteiger partial charge on any atom is 0.308 e. The van der Waals surface area contributed by atoms with E-state index in [1.54, 1.807) is 0 Å². The number of hydrogen-bond donors (Lipinski definition) is 0. The summed E-state index contributed by atoms with van der Waals surface area (Å²) in [7, 11) is 0. The third-order valence-corrected chi connectivity index (χ3v) is 1.85. The van der Waals surface area contributed by atoms with E-state index in [-0.39, 0.29) is 22.8 Å². The Balaban J connectivity index is 3.13. The number of carbonyl (C=O) groups is 3. The van der Waals surface area contributed by atoms with Crippen molar-refractivity contribution in [1.29, 1.82) is 0 Å². The standard InChI is InChI=1S/C12H12O5/c1-7(13)11-5-4-10(16-8(2)14)6-12(11)17-9(3)15/h4-6H,1-3H3. The van der Waals surface area contributed by atoms with Gasteiger partial charge in [0.15, 0.2) is 5.78 Å². The Labute approximate surface area is 98.3 Å². The first-order valence-corrected chi connectivity index (χ1v) is 4.92. The highest BCUT2D eigenvalue weighted by Crippen LogP contribution is 2.25. The van der Waals surface area contributed by atoms with E-state index in [2.05, 4.69) is 0 Å². The van der Waals surface area contributed by atoms with Gasteiger partial charge in [0.2, 0.25) is 0 Å². The predicted octanol–water partition coefficient (Wildman–Crippen LogP) is 1.74. The van der Waals surface area contributed by atoms with Gasteiger partial charge < -0.3 is 9.47 Å². The Hall–Kier alpha value is -2.17. The Morgan fingerprint density at radius 2 is 1.53 bits per heavy atom. The zero-order valence-electron chi connectivity index (χ0n) is 9.77. The molecule has 0 amide bonds. The molecule has 0 saturated carbocycles. The van der Waals surface area contributed by atoms with Crippen molar-refractivity contribution < 1.29 is 23.9 Å². The van der Waals surface area contributed by atoms with Crippen molar-refractivity contribution >= 4 is 17.7 Å². The van der Waals surface area contributed by atoms with Gasteiger partial charge in [0.25, 0.3) is 0 Å². The summed E-state index contributed by atoms with van der Waals surface area (Å²) in [6.07, 6.45) is 0. The molecule has 5 nitrogen and oxygen atoms in total. The molecule has 0 fully saturated rings. The van der Waals surface area contributed by atoms with Crippen molar-refractivity contribution in [3.63, 3.8) is 0 Å². The van der Waals surface area contributed by atoms with Gasteiger partial charge in [0.05, 0.1) is 5.56 Å². The van der Waals surface area contributed by atoms with Crippen molar-refractivity contribution in [3.8, 4) is 11.5 Å². The normalized spacial score (nSPS) is 9.59. The molecule has 0 aliphatic carbocycles. The molecular formula is C12H12O5. The Morgan fingerprint density at radius 1 is 0.941 bits per heavy atom. The van der Waals surface area contributed by atoms with Gasteiger partial charge in [-0.2, -0.15) is 0 Å². The van der Waals surface area contributed by atoms with Crippen LogP contribution in [-0.4, -0.2) is 17.7 Å². The van der Waals surface area contributed by atoms with Crippen LogP contribution in [0.25, 0.3) is 0 Å². The summed E-state index contributed by atoms with van der Waals surface area (Å²) in [6.45, 7) is 3.83. The molecule has 0 radical (unpaired) electrons. The van der Waals surface area contributed by atoms with Crippen molar-refractivity contribution in [2.45, 2.75) is 20.8 Å². The smallest absolute Gasteiger partial charge is 0.308 e. The summed E-state index contributed by atoms with van der Waals surface area (Å²) in [6, 6.07) is 4.24. The Morgan fingerprint density at radius 3 is 2.00 bits per heavy atom. The van der Waals surface area contributed by atoms with Gasteiger partial charge in [-0.3, -0.25) is 14.4 Å². The number of esters is 2. The second kappa shape index (κ2) is 5.25. The van der Waals surface area contributed by atoms with E-state index in [9.17, 15) is 14.4 Å². The highest BCUT2D eigenvalue weighted by atomic mass is 16.5. The third-order valence-electron chi connectivity index (χ3n) is 1.85. The second-order valence-corrected chi connectivity index (χ2v) is 3.40. The number of benzene rings is 1. The zero-order chi connectivity index (χ0) is 13.0. The first kappa shape index (κ1) is 12.9. The van der Waals surface area contributed by atoms with Gasteiger partial charge in [-0.25, -0.2) is 0 Å². The molecule has 1 aromatic rings. The van der Waals surface area contributed by atoms with E-state index in [0.29, 0.717) is 0 Å². The molecule has 0 aromatic heterocycles. The number of Topliss-reactive ketones (excluding diaryl/α,β-unsaturated/α-hetero) is 1. The number of rotatable bonds is 3. The maximum atomic E-state index is 11.3. The molecule has 1 aromatic carbocycles. The zero-order valence-corrected chi connectivity index (χ0v) is 9.77. The van der Waals surface area contributed by atoms with Crippen LogP contribution in [0.2, 0.25) is 0 Å². The van der Waals surface area contributed by atoms with Crippen molar-refractivity contribution in [2.24, 2.45) is 0 Å². The van der Waals surface area contributed by atoms with Crippen LogP contribution < -0.4 is 9.47 Å². The average molecular weight is 236 g/mol. The first-order chi connectivity index (χ1) is 7.90. The maximum absolute atomic E-state index is 11.3. The van der Waals surface area contributed by atoms with Gasteiger partial charge in [0.1, 0.15) is 11.5 Å². The minimum absolute atomic E-state index is 0.0868. The van der Waals surface area contributed by atoms with E-state index < -0.39 is 11.9 Å². The van der Waals surface area contributed by atoms with Gasteiger partial charge >= 0.3 is 11.9 Å². The van der Waals surface area contributed by atoms with Crippen LogP contribution in [0, 0.1) is 0 Å². The second-order valence-electron chi connectivity index (χ2n) is 3.40. The van der Waals surface area contributed by atoms with Crippen LogP contribution in [0.5, 0.6) is 11.5 Å². The fourth-order valence-corrected chi connectivity index (χ4v) is 1.26. The molecule has 0 heterocycles. The fourth-order valence-electron chi connectivity index (χ4n) is 1.26. The molecule has 0 saturated heterocycles. The van der Waals surface area contributed by atoms with Crippen molar-refractivity contribution in [1.82, 2.24) is 0 Å². The monoisotopic (exact) mass is 236 g/mol. The molecule has 5 heteroatoms. The number of ether oxygens (including phenoxy) is 2. The molecular weight excluding hydrogens is 224 g/mol. The number of carbonyl (C=O) groups excluding carboxylic acids is 3. The lowest BCUT2D eigenvalue weighted by Crippen LogP contribution is -2.07. The van der Waals surface area contributed by atoms with E-state index in [0.717, 1.165) is 0 Å². The van der Waals surface area contributed by atoms with Gasteiger partial charge in [-0.1, -0.05) is 0 Å². The lowest BCUT2D eigenvalue weighted by Gasteiger charge is -2.08. The molecule has 0 N–H and O–H groups in total. The molecule has 0 atom stereocenters. The topological polar surface area (TPSA) is 69.7 Å². The Kier molecular flexibility index (Phi) is 3.98. The van der Waals surface area contributed by atoms with Gasteiger partial charge in [-0.15, -0.1) is 0 Å². The molecule has 1 rings (SSSR count). The summed E-state index contributed by atoms with van der Waals surface area (Å²) in [5, 5.41) is 0. The van der Waals surface area contributed by atoms with Crippen LogP contribution in [0.1, 0.15) is 31.1 Å². The Bertz CT molecular complexity index is 476. The van der Waals surface area contributed by atoms with E-state index in [1.165, 1.54) is 39.0 Å². The summed E-state index contributed by atoms with van der Waals surface area (Å²) in [5.41, 5.74) is 0.260. The fraction of sp³-hybridized carbons (Fsp3) is 0.250. The minimum Gasteiger partial charge on any atom is -0.427 e. The van der Waals surface area contributed by atoms with Crippen LogP contribution in [-0.2, 0) is 9.59 Å². The predicted molar refractivity (Wildman–Crippen MR) is 59.1 cm³/mol. The third kappa shape index (κ3) is 3.71. The van der Waals surface area contributed by atoms with Crippen molar-refractivity contribution in [3.05, 3.63) is 23.8 Å². The van der Waals surface area contributed by atoms with Gasteiger partial charge in [0, 0.05) is 19.9 Å². The van der Waals surface area contributed by atoms with E-state index in [4.69, 9.17) is 9.47 Å². The van der Waals surface area contributed by atoms with Crippen molar-refractivity contribution in [2.75, 3.05) is 0 Å². The molecule has 90 valence electrons. The van der Waals surface area contributed by atoms with Gasteiger partial charge in [-0.05, 0) is 19.1 Å². The van der Waals surface area contributed by atoms with E-state index in [1.807, 2.05) is 0 Å². The molecule has 0 spiro atoms. The minimum atomic E-state index is -0.549. The lowest BCUT2D eigenvalue weighted by atomic mass is 10.1. The molecule has 17 heavy (non-hydrogen) atoms. The number of hydrogen-bond acceptors (Lipinski definition) is 5. The summed E-state index contributed by atoms with van der Waals surface area (Å²) < 4.78 is 9.71. The van der Waals surface area contributed by atoms with Crippen LogP contribution in [0.15, 0.2) is 18.2 Å². The largest absolute Gasteiger partial charge is 0.427 e. The van der Waals surface area contributed by atoms with Crippen LogP contribution in [0.3, 0.4) is 0 Å². The van der Waals surface area contributed by atoms with Crippen LogP contribution in [0.4, 0.5) is 0 Å². The molecule has 0 bridgehead atoms. The first-order valence-electron chi connectivity index (χ1n) is 4.92. The van der Waals surface area contributed by atoms with E-state index >= 15 is 0 Å². The average Bonchev–Trinajstić information content (AvgIpc) is 2.15. The molecule has 0 aliphatic rings. The SMILES string of the molecule is CC(=O)Oc1ccc(C(C)=O)c(OC(C)=O)c1.